The zero-order valence-electron chi connectivity index (χ0n) is 10.4. The molecule has 1 atom stereocenters. The predicted molar refractivity (Wildman–Crippen MR) is 99.0 cm³/mol. The Morgan fingerprint density at radius 3 is 2.63 bits per heavy atom. The van der Waals surface area contributed by atoms with E-state index < -0.39 is 0 Å². The molecule has 0 amide bonds. The highest BCUT2D eigenvalue weighted by Gasteiger charge is 2.19. The van der Waals surface area contributed by atoms with Crippen LogP contribution in [0, 0.1) is 3.57 Å². The molecular formula is C14H14Br2INS. The van der Waals surface area contributed by atoms with Crippen LogP contribution < -0.4 is 5.32 Å². The molecule has 0 bridgehead atoms. The van der Waals surface area contributed by atoms with E-state index in [0.717, 1.165) is 21.2 Å². The van der Waals surface area contributed by atoms with Crippen molar-refractivity contribution in [2.45, 2.75) is 19.4 Å². The molecule has 2 rings (SSSR count). The summed E-state index contributed by atoms with van der Waals surface area (Å²) in [7, 11) is 0. The number of hydrogen-bond donors (Lipinski definition) is 1. The Morgan fingerprint density at radius 1 is 1.32 bits per heavy atom. The molecule has 1 aromatic heterocycles. The zero-order chi connectivity index (χ0) is 13.8. The summed E-state index contributed by atoms with van der Waals surface area (Å²) >= 11 is 11.4. The van der Waals surface area contributed by atoms with E-state index in [0.29, 0.717) is 0 Å². The fourth-order valence-electron chi connectivity index (χ4n) is 1.87. The van der Waals surface area contributed by atoms with Gasteiger partial charge in [-0.15, -0.1) is 11.3 Å². The maximum Gasteiger partial charge on any atom is 0.0843 e. The first-order chi connectivity index (χ1) is 9.13. The summed E-state index contributed by atoms with van der Waals surface area (Å²) in [6, 6.07) is 11.0. The van der Waals surface area contributed by atoms with Gasteiger partial charge in [0.1, 0.15) is 0 Å². The Bertz CT molecular complexity index is 537. The zero-order valence-corrected chi connectivity index (χ0v) is 16.6. The summed E-state index contributed by atoms with van der Waals surface area (Å²) in [4.78, 5) is 1.33. The SMILES string of the molecule is CCCNC(c1cc(Br)c(Br)s1)c1ccccc1I. The molecule has 1 N–H and O–H groups in total. The number of nitrogens with one attached hydrogen (secondary N) is 1. The molecule has 0 radical (unpaired) electrons. The smallest absolute Gasteiger partial charge is 0.0843 e. The van der Waals surface area contributed by atoms with E-state index in [-0.39, 0.29) is 6.04 Å². The van der Waals surface area contributed by atoms with E-state index >= 15 is 0 Å². The van der Waals surface area contributed by atoms with E-state index in [1.54, 1.807) is 11.3 Å². The van der Waals surface area contributed by atoms with E-state index in [2.05, 4.69) is 97.0 Å². The maximum atomic E-state index is 3.65. The van der Waals surface area contributed by atoms with Crippen molar-refractivity contribution in [2.75, 3.05) is 6.54 Å². The third-order valence-electron chi connectivity index (χ3n) is 2.76. The lowest BCUT2D eigenvalue weighted by Gasteiger charge is -2.19. The minimum atomic E-state index is 0.264. The molecule has 2 aromatic rings. The van der Waals surface area contributed by atoms with Crippen LogP contribution in [0.3, 0.4) is 0 Å². The number of thiophene rings is 1. The summed E-state index contributed by atoms with van der Waals surface area (Å²) < 4.78 is 3.58. The molecule has 0 spiro atoms. The molecule has 1 nitrogen and oxygen atoms in total. The number of rotatable bonds is 5. The maximum absolute atomic E-state index is 3.65. The molecule has 0 saturated heterocycles. The molecule has 19 heavy (non-hydrogen) atoms. The van der Waals surface area contributed by atoms with E-state index in [4.69, 9.17) is 0 Å². The van der Waals surface area contributed by atoms with Crippen LogP contribution in [0.1, 0.15) is 29.8 Å². The average molecular weight is 515 g/mol. The lowest BCUT2D eigenvalue weighted by molar-refractivity contribution is 0.604. The van der Waals surface area contributed by atoms with Crippen LogP contribution in [-0.2, 0) is 0 Å². The molecule has 5 heteroatoms. The first-order valence-electron chi connectivity index (χ1n) is 6.06. The minimum absolute atomic E-state index is 0.264. The first kappa shape index (κ1) is 15.9. The Labute approximate surface area is 148 Å². The topological polar surface area (TPSA) is 12.0 Å². The second-order valence-electron chi connectivity index (χ2n) is 4.18. The van der Waals surface area contributed by atoms with Crippen LogP contribution in [0.4, 0.5) is 0 Å². The van der Waals surface area contributed by atoms with Crippen molar-refractivity contribution in [1.29, 1.82) is 0 Å². The van der Waals surface area contributed by atoms with Crippen LogP contribution in [0.5, 0.6) is 0 Å². The summed E-state index contributed by atoms with van der Waals surface area (Å²) in [5.74, 6) is 0. The van der Waals surface area contributed by atoms with Gasteiger partial charge in [-0.25, -0.2) is 0 Å². The Kier molecular flexibility index (Phi) is 6.33. The van der Waals surface area contributed by atoms with Gasteiger partial charge in [-0.05, 0) is 85.1 Å². The standard InChI is InChI=1S/C14H14Br2INS/c1-2-7-18-13(9-5-3-4-6-11(9)17)12-8-10(15)14(16)19-12/h3-6,8,13,18H,2,7H2,1H3. The molecule has 0 saturated carbocycles. The van der Waals surface area contributed by atoms with Gasteiger partial charge in [-0.3, -0.25) is 0 Å². The van der Waals surface area contributed by atoms with Gasteiger partial charge < -0.3 is 5.32 Å². The van der Waals surface area contributed by atoms with Gasteiger partial charge >= 0.3 is 0 Å². The third kappa shape index (κ3) is 4.03. The van der Waals surface area contributed by atoms with Crippen molar-refractivity contribution in [1.82, 2.24) is 5.32 Å². The second kappa shape index (κ2) is 7.54. The highest BCUT2D eigenvalue weighted by Crippen LogP contribution is 2.38. The van der Waals surface area contributed by atoms with Crippen LogP contribution in [0.15, 0.2) is 38.6 Å². The Hall–Kier alpha value is 0.570. The van der Waals surface area contributed by atoms with Crippen LogP contribution in [0.25, 0.3) is 0 Å². The summed E-state index contributed by atoms with van der Waals surface area (Å²) in [6.45, 7) is 3.21. The minimum Gasteiger partial charge on any atom is -0.306 e. The quantitative estimate of drug-likeness (QED) is 0.485. The summed E-state index contributed by atoms with van der Waals surface area (Å²) in [5.41, 5.74) is 1.35. The normalized spacial score (nSPS) is 12.6. The Morgan fingerprint density at radius 2 is 2.05 bits per heavy atom. The van der Waals surface area contributed by atoms with Crippen molar-refractivity contribution in [3.05, 3.63) is 52.6 Å². The van der Waals surface area contributed by atoms with E-state index in [9.17, 15) is 0 Å². The van der Waals surface area contributed by atoms with Crippen molar-refractivity contribution in [3.63, 3.8) is 0 Å². The lowest BCUT2D eigenvalue weighted by Crippen LogP contribution is -2.23. The highest BCUT2D eigenvalue weighted by atomic mass is 127. The van der Waals surface area contributed by atoms with Gasteiger partial charge in [0.15, 0.2) is 0 Å². The first-order valence-corrected chi connectivity index (χ1v) is 9.54. The van der Waals surface area contributed by atoms with Gasteiger partial charge in [-0.2, -0.15) is 0 Å². The largest absolute Gasteiger partial charge is 0.306 e. The molecule has 0 aliphatic heterocycles. The average Bonchev–Trinajstić information content (AvgIpc) is 2.72. The molecule has 0 fully saturated rings. The van der Waals surface area contributed by atoms with E-state index in [1.165, 1.54) is 14.0 Å². The second-order valence-corrected chi connectivity index (χ2v) is 8.60. The van der Waals surface area contributed by atoms with Gasteiger partial charge in [0.05, 0.1) is 9.83 Å². The molecule has 0 aliphatic rings. The monoisotopic (exact) mass is 513 g/mol. The predicted octanol–water partition coefficient (Wildman–Crippen LogP) is 5.97. The highest BCUT2D eigenvalue weighted by molar-refractivity contribution is 14.1. The number of hydrogen-bond acceptors (Lipinski definition) is 2. The summed E-state index contributed by atoms with van der Waals surface area (Å²) in [5, 5.41) is 3.65. The van der Waals surface area contributed by atoms with E-state index in [1.807, 2.05) is 0 Å². The van der Waals surface area contributed by atoms with Crippen molar-refractivity contribution < 1.29 is 0 Å². The fraction of sp³-hybridized carbons (Fsp3) is 0.286. The van der Waals surface area contributed by atoms with Gasteiger partial charge in [0.25, 0.3) is 0 Å². The number of halogens is 3. The Balaban J connectivity index is 2.38. The van der Waals surface area contributed by atoms with Crippen LogP contribution in [0.2, 0.25) is 0 Å². The van der Waals surface area contributed by atoms with Crippen LogP contribution in [-0.4, -0.2) is 6.54 Å². The van der Waals surface area contributed by atoms with Crippen molar-refractivity contribution >= 4 is 65.8 Å². The van der Waals surface area contributed by atoms with Gasteiger partial charge in [-0.1, -0.05) is 25.1 Å². The lowest BCUT2D eigenvalue weighted by atomic mass is 10.1. The van der Waals surface area contributed by atoms with Crippen molar-refractivity contribution in [2.24, 2.45) is 0 Å². The fourth-order valence-corrected chi connectivity index (χ4v) is 4.75. The molecule has 1 aromatic carbocycles. The third-order valence-corrected chi connectivity index (χ3v) is 7.07. The molecular weight excluding hydrogens is 501 g/mol. The number of benzene rings is 1. The molecule has 1 heterocycles. The molecule has 1 unspecified atom stereocenters. The molecule has 0 aliphatic carbocycles. The van der Waals surface area contributed by atoms with Gasteiger partial charge in [0.2, 0.25) is 0 Å². The summed E-state index contributed by atoms with van der Waals surface area (Å²) in [6.07, 6.45) is 1.13. The van der Waals surface area contributed by atoms with Crippen molar-refractivity contribution in [3.8, 4) is 0 Å². The van der Waals surface area contributed by atoms with Gasteiger partial charge in [0, 0.05) is 12.9 Å². The van der Waals surface area contributed by atoms with Crippen LogP contribution >= 0.6 is 65.8 Å². The molecule has 102 valence electrons.